The molecule has 0 N–H and O–H groups in total. The zero-order valence-electron chi connectivity index (χ0n) is 7.09. The van der Waals surface area contributed by atoms with Crippen molar-refractivity contribution in [3.8, 4) is 0 Å². The van der Waals surface area contributed by atoms with Crippen molar-refractivity contribution in [3.63, 3.8) is 0 Å². The van der Waals surface area contributed by atoms with Crippen molar-refractivity contribution in [1.82, 2.24) is 0 Å². The molecule has 1 saturated carbocycles. The maximum absolute atomic E-state index is 10.7. The summed E-state index contributed by atoms with van der Waals surface area (Å²) in [5.41, 5.74) is 0. The molecule has 0 amide bonds. The average Bonchev–Trinajstić information content (AvgIpc) is 2.01. The molecule has 0 spiro atoms. The summed E-state index contributed by atoms with van der Waals surface area (Å²) in [6, 6.07) is 0. The van der Waals surface area contributed by atoms with Gasteiger partial charge in [0.05, 0.1) is 0 Å². The van der Waals surface area contributed by atoms with Crippen LogP contribution in [0.4, 0.5) is 0 Å². The Morgan fingerprint density at radius 2 is 2.09 bits per heavy atom. The minimum absolute atomic E-state index is 0.463. The number of aldehydes is 1. The van der Waals surface area contributed by atoms with E-state index in [1.807, 2.05) is 0 Å². The van der Waals surface area contributed by atoms with Crippen LogP contribution in [0.3, 0.4) is 0 Å². The molecule has 0 radical (unpaired) electrons. The summed E-state index contributed by atoms with van der Waals surface area (Å²) >= 11 is -0.620. The third-order valence-electron chi connectivity index (χ3n) is 3.24. The van der Waals surface area contributed by atoms with Crippen LogP contribution in [0.1, 0.15) is 19.8 Å². The van der Waals surface area contributed by atoms with E-state index in [1.165, 1.54) is 19.1 Å². The molecule has 1 nitrogen and oxygen atoms in total. The van der Waals surface area contributed by atoms with E-state index in [0.29, 0.717) is 5.92 Å². The van der Waals surface area contributed by atoms with E-state index in [-0.39, 0.29) is 0 Å². The summed E-state index contributed by atoms with van der Waals surface area (Å²) in [5.74, 6) is 1.33. The molecule has 0 aromatic heterocycles. The van der Waals surface area contributed by atoms with Gasteiger partial charge in [0.25, 0.3) is 0 Å². The summed E-state index contributed by atoms with van der Waals surface area (Å²) in [7, 11) is 0. The van der Waals surface area contributed by atoms with E-state index in [9.17, 15) is 4.79 Å². The van der Waals surface area contributed by atoms with Crippen LogP contribution in [0.15, 0.2) is 0 Å². The third kappa shape index (κ3) is 1.05. The van der Waals surface area contributed by atoms with Gasteiger partial charge in [-0.3, -0.25) is 0 Å². The number of hydrogen-bond donors (Lipinski definition) is 0. The fourth-order valence-corrected chi connectivity index (χ4v) is 9.55. The van der Waals surface area contributed by atoms with Crippen LogP contribution < -0.4 is 0 Å². The topological polar surface area (TPSA) is 17.1 Å². The Bertz CT molecular complexity index is 176. The van der Waals surface area contributed by atoms with E-state index in [2.05, 4.69) is 11.9 Å². The van der Waals surface area contributed by atoms with Crippen LogP contribution in [0.25, 0.3) is 0 Å². The Morgan fingerprint density at radius 3 is 2.55 bits per heavy atom. The fraction of sp³-hybridized carbons (Fsp3) is 0.889. The minimum atomic E-state index is -0.620. The van der Waals surface area contributed by atoms with Crippen LogP contribution in [0.2, 0.25) is 0 Å². The first-order valence-electron chi connectivity index (χ1n) is 4.26. The molecule has 2 heteroatoms. The van der Waals surface area contributed by atoms with Gasteiger partial charge in [-0.25, -0.2) is 0 Å². The summed E-state index contributed by atoms with van der Waals surface area (Å²) < 4.78 is 2.00. The Labute approximate surface area is 75.3 Å². The number of halogens is 1. The van der Waals surface area contributed by atoms with E-state index in [1.54, 1.807) is 0 Å². The van der Waals surface area contributed by atoms with Crippen molar-refractivity contribution in [3.05, 3.63) is 0 Å². The molecule has 1 unspecified atom stereocenters. The van der Waals surface area contributed by atoms with Crippen molar-refractivity contribution in [1.29, 1.82) is 0 Å². The van der Waals surface area contributed by atoms with Gasteiger partial charge in [-0.05, 0) is 0 Å². The van der Waals surface area contributed by atoms with Crippen molar-refractivity contribution in [2.24, 2.45) is 11.8 Å². The molecular weight excluding hydrogens is 251 g/mol. The molecule has 3 fully saturated rings. The van der Waals surface area contributed by atoms with Gasteiger partial charge in [0.1, 0.15) is 0 Å². The van der Waals surface area contributed by atoms with Crippen LogP contribution in [0, 0.1) is 11.8 Å². The first-order valence-corrected chi connectivity index (χ1v) is 8.91. The van der Waals surface area contributed by atoms with Crippen LogP contribution in [-0.4, -0.2) is 19.1 Å². The van der Waals surface area contributed by atoms with Gasteiger partial charge in [0.15, 0.2) is 0 Å². The SMILES string of the molecule is C[C@@H]1CC(C=O)[C@H]2C[C@@H]1I2C. The average molecular weight is 266 g/mol. The molecule has 1 aliphatic carbocycles. The predicted octanol–water partition coefficient (Wildman–Crippen LogP) is 2.12. The second-order valence-corrected chi connectivity index (χ2v) is 10.3. The van der Waals surface area contributed by atoms with Gasteiger partial charge in [-0.1, -0.05) is 0 Å². The molecule has 11 heavy (non-hydrogen) atoms. The fourth-order valence-electron chi connectivity index (χ4n) is 2.46. The Hall–Kier alpha value is 0.400. The number of fused-ring (bicyclic) bond motifs is 2. The van der Waals surface area contributed by atoms with Crippen LogP contribution >= 0.6 is 19.8 Å². The quantitative estimate of drug-likeness (QED) is 0.403. The molecule has 0 aromatic carbocycles. The standard InChI is InChI=1S/C9H15IO/c1-6-3-7(5-11)9-4-8(6)10(9)2/h5-9H,3-4H2,1-2H3/t6-,7?,8+,9-/m1/s1. The first kappa shape index (κ1) is 8.02. The predicted molar refractivity (Wildman–Crippen MR) is 55.5 cm³/mol. The molecule has 2 saturated heterocycles. The van der Waals surface area contributed by atoms with Gasteiger partial charge in [-0.2, -0.15) is 0 Å². The van der Waals surface area contributed by atoms with Gasteiger partial charge in [0.2, 0.25) is 0 Å². The number of rotatable bonds is 1. The Kier molecular flexibility index (Phi) is 1.98. The number of alkyl halides is 3. The molecule has 2 bridgehead atoms. The monoisotopic (exact) mass is 266 g/mol. The van der Waals surface area contributed by atoms with Gasteiger partial charge in [0, 0.05) is 0 Å². The molecule has 0 aromatic rings. The van der Waals surface area contributed by atoms with E-state index >= 15 is 0 Å². The first-order chi connectivity index (χ1) is 5.24. The molecule has 3 aliphatic rings. The molecular formula is C9H15IO. The summed E-state index contributed by atoms with van der Waals surface area (Å²) in [6.45, 7) is 2.34. The second kappa shape index (κ2) is 2.71. The third-order valence-corrected chi connectivity index (χ3v) is 11.5. The zero-order valence-corrected chi connectivity index (χ0v) is 9.24. The molecule has 4 atom stereocenters. The number of carbonyl (C=O) groups is 1. The van der Waals surface area contributed by atoms with E-state index in [0.717, 1.165) is 13.8 Å². The Morgan fingerprint density at radius 1 is 1.36 bits per heavy atom. The van der Waals surface area contributed by atoms with Gasteiger partial charge in [-0.15, -0.1) is 0 Å². The van der Waals surface area contributed by atoms with Gasteiger partial charge >= 0.3 is 75.3 Å². The van der Waals surface area contributed by atoms with Crippen molar-refractivity contribution >= 4 is 26.1 Å². The summed E-state index contributed by atoms with van der Waals surface area (Å²) in [5, 5.41) is 0. The van der Waals surface area contributed by atoms with Crippen LogP contribution in [0.5, 0.6) is 0 Å². The van der Waals surface area contributed by atoms with Crippen LogP contribution in [-0.2, 0) is 4.79 Å². The van der Waals surface area contributed by atoms with Crippen molar-refractivity contribution in [2.45, 2.75) is 27.6 Å². The van der Waals surface area contributed by atoms with Crippen molar-refractivity contribution in [2.75, 3.05) is 4.93 Å². The summed E-state index contributed by atoms with van der Waals surface area (Å²) in [6.07, 6.45) is 3.82. The van der Waals surface area contributed by atoms with Gasteiger partial charge < -0.3 is 0 Å². The zero-order chi connectivity index (χ0) is 8.01. The summed E-state index contributed by atoms with van der Waals surface area (Å²) in [4.78, 5) is 13.2. The normalized spacial score (nSPS) is 51.6. The maximum atomic E-state index is 10.7. The molecule has 2 aliphatic heterocycles. The second-order valence-electron chi connectivity index (χ2n) is 3.84. The van der Waals surface area contributed by atoms with E-state index < -0.39 is 19.8 Å². The Balaban J connectivity index is 2.11. The number of hydrogen-bond acceptors (Lipinski definition) is 1. The molecule has 2 heterocycles. The molecule has 3 rings (SSSR count). The van der Waals surface area contributed by atoms with Crippen molar-refractivity contribution < 1.29 is 4.79 Å². The molecule has 64 valence electrons. The number of carbonyl (C=O) groups excluding carboxylic acids is 1. The van der Waals surface area contributed by atoms with E-state index in [4.69, 9.17) is 0 Å².